The summed E-state index contributed by atoms with van der Waals surface area (Å²) < 4.78 is 10.7. The van der Waals surface area contributed by atoms with Crippen molar-refractivity contribution in [1.29, 1.82) is 0 Å². The molecule has 1 atom stereocenters. The number of ether oxygens (including phenoxy) is 2. The Morgan fingerprint density at radius 2 is 1.81 bits per heavy atom. The molecule has 0 spiro atoms. The summed E-state index contributed by atoms with van der Waals surface area (Å²) in [7, 11) is 1.68. The SMILES string of the molecule is CC(Oc1ccccc1Cl)C(=O)N(C)Cc1ccc(OCC(=O)O)cc1. The van der Waals surface area contributed by atoms with E-state index in [4.69, 9.17) is 26.2 Å². The molecule has 2 aromatic carbocycles. The normalized spacial score (nSPS) is 11.5. The summed E-state index contributed by atoms with van der Waals surface area (Å²) >= 11 is 6.04. The van der Waals surface area contributed by atoms with Crippen molar-refractivity contribution in [2.24, 2.45) is 0 Å². The lowest BCUT2D eigenvalue weighted by Gasteiger charge is -2.22. The highest BCUT2D eigenvalue weighted by molar-refractivity contribution is 6.32. The summed E-state index contributed by atoms with van der Waals surface area (Å²) in [4.78, 5) is 24.5. The van der Waals surface area contributed by atoms with E-state index < -0.39 is 18.7 Å². The Morgan fingerprint density at radius 1 is 1.15 bits per heavy atom. The number of para-hydroxylation sites is 1. The highest BCUT2D eigenvalue weighted by atomic mass is 35.5. The van der Waals surface area contributed by atoms with E-state index in [9.17, 15) is 9.59 Å². The number of benzene rings is 2. The zero-order valence-electron chi connectivity index (χ0n) is 14.5. The van der Waals surface area contributed by atoms with Gasteiger partial charge in [-0.2, -0.15) is 0 Å². The number of amides is 1. The van der Waals surface area contributed by atoms with Crippen molar-refractivity contribution >= 4 is 23.5 Å². The molecular formula is C19H20ClNO5. The predicted octanol–water partition coefficient (Wildman–Crippen LogP) is 3.23. The van der Waals surface area contributed by atoms with Crippen molar-refractivity contribution < 1.29 is 24.2 Å². The molecule has 1 N–H and O–H groups in total. The Hall–Kier alpha value is -2.73. The number of halogens is 1. The van der Waals surface area contributed by atoms with Crippen LogP contribution in [0.2, 0.25) is 5.02 Å². The maximum absolute atomic E-state index is 12.5. The maximum Gasteiger partial charge on any atom is 0.341 e. The molecule has 0 fully saturated rings. The van der Waals surface area contributed by atoms with Crippen molar-refractivity contribution in [3.63, 3.8) is 0 Å². The lowest BCUT2D eigenvalue weighted by atomic mass is 10.2. The van der Waals surface area contributed by atoms with Crippen molar-refractivity contribution in [3.8, 4) is 11.5 Å². The minimum Gasteiger partial charge on any atom is -0.482 e. The molecule has 26 heavy (non-hydrogen) atoms. The van der Waals surface area contributed by atoms with Crippen LogP contribution in [0, 0.1) is 0 Å². The number of hydrogen-bond donors (Lipinski definition) is 1. The second kappa shape index (κ2) is 9.10. The first-order chi connectivity index (χ1) is 12.4. The quantitative estimate of drug-likeness (QED) is 0.764. The molecule has 0 aromatic heterocycles. The summed E-state index contributed by atoms with van der Waals surface area (Å²) in [6, 6.07) is 13.9. The van der Waals surface area contributed by atoms with E-state index in [1.165, 1.54) is 0 Å². The summed E-state index contributed by atoms with van der Waals surface area (Å²) in [6.45, 7) is 1.66. The van der Waals surface area contributed by atoms with Crippen molar-refractivity contribution in [3.05, 3.63) is 59.1 Å². The number of carboxylic acids is 1. The Kier molecular flexibility index (Phi) is 6.86. The first-order valence-corrected chi connectivity index (χ1v) is 8.34. The van der Waals surface area contributed by atoms with Crippen LogP contribution in [0.5, 0.6) is 11.5 Å². The molecule has 0 heterocycles. The third kappa shape index (κ3) is 5.67. The van der Waals surface area contributed by atoms with Crippen LogP contribution in [0.3, 0.4) is 0 Å². The molecule has 7 heteroatoms. The zero-order valence-corrected chi connectivity index (χ0v) is 15.3. The fourth-order valence-corrected chi connectivity index (χ4v) is 2.46. The van der Waals surface area contributed by atoms with Crippen LogP contribution in [-0.4, -0.2) is 41.6 Å². The molecule has 0 radical (unpaired) electrons. The summed E-state index contributed by atoms with van der Waals surface area (Å²) in [5.74, 6) is -0.299. The smallest absolute Gasteiger partial charge is 0.341 e. The van der Waals surface area contributed by atoms with Gasteiger partial charge < -0.3 is 19.5 Å². The monoisotopic (exact) mass is 377 g/mol. The first-order valence-electron chi connectivity index (χ1n) is 7.96. The standard InChI is InChI=1S/C19H20ClNO5/c1-13(26-17-6-4-3-5-16(17)20)19(24)21(2)11-14-7-9-15(10-8-14)25-12-18(22)23/h3-10,13H,11-12H2,1-2H3,(H,22,23). The molecule has 0 bridgehead atoms. The van der Waals surface area contributed by atoms with Gasteiger partial charge in [0.05, 0.1) is 5.02 Å². The Bertz CT molecular complexity index is 763. The van der Waals surface area contributed by atoms with Crippen LogP contribution in [0.4, 0.5) is 0 Å². The lowest BCUT2D eigenvalue weighted by molar-refractivity contribution is -0.139. The van der Waals surface area contributed by atoms with E-state index in [1.54, 1.807) is 67.4 Å². The van der Waals surface area contributed by atoms with Gasteiger partial charge >= 0.3 is 5.97 Å². The van der Waals surface area contributed by atoms with Crippen LogP contribution in [0.1, 0.15) is 12.5 Å². The number of nitrogens with zero attached hydrogens (tertiary/aromatic N) is 1. The number of rotatable bonds is 8. The van der Waals surface area contributed by atoms with E-state index in [1.807, 2.05) is 0 Å². The number of likely N-dealkylation sites (N-methyl/N-ethyl adjacent to an activating group) is 1. The predicted molar refractivity (Wildman–Crippen MR) is 97.6 cm³/mol. The average molecular weight is 378 g/mol. The minimum absolute atomic E-state index is 0.184. The molecule has 1 amide bonds. The number of carboxylic acid groups (broad SMARTS) is 1. The van der Waals surface area contributed by atoms with Gasteiger partial charge in [-0.25, -0.2) is 4.79 Å². The molecule has 0 aliphatic rings. The van der Waals surface area contributed by atoms with Gasteiger partial charge in [0, 0.05) is 13.6 Å². The van der Waals surface area contributed by atoms with Crippen LogP contribution in [-0.2, 0) is 16.1 Å². The molecule has 1 unspecified atom stereocenters. The van der Waals surface area contributed by atoms with Gasteiger partial charge in [0.2, 0.25) is 0 Å². The third-order valence-corrected chi connectivity index (χ3v) is 3.88. The van der Waals surface area contributed by atoms with E-state index in [0.29, 0.717) is 23.1 Å². The lowest BCUT2D eigenvalue weighted by Crippen LogP contribution is -2.37. The topological polar surface area (TPSA) is 76.1 Å². The molecule has 138 valence electrons. The van der Waals surface area contributed by atoms with Gasteiger partial charge in [-0.15, -0.1) is 0 Å². The van der Waals surface area contributed by atoms with Crippen LogP contribution >= 0.6 is 11.6 Å². The molecule has 6 nitrogen and oxygen atoms in total. The van der Waals surface area contributed by atoms with Crippen molar-refractivity contribution in [1.82, 2.24) is 4.90 Å². The Balaban J connectivity index is 1.91. The summed E-state index contributed by atoms with van der Waals surface area (Å²) in [5, 5.41) is 9.05. The van der Waals surface area contributed by atoms with Gasteiger partial charge in [-0.1, -0.05) is 35.9 Å². The van der Waals surface area contributed by atoms with E-state index in [0.717, 1.165) is 5.56 Å². The minimum atomic E-state index is -1.04. The fraction of sp³-hybridized carbons (Fsp3) is 0.263. The highest BCUT2D eigenvalue weighted by Crippen LogP contribution is 2.24. The van der Waals surface area contributed by atoms with E-state index >= 15 is 0 Å². The maximum atomic E-state index is 12.5. The van der Waals surface area contributed by atoms with E-state index in [2.05, 4.69) is 0 Å². The molecule has 2 rings (SSSR count). The first kappa shape index (κ1) is 19.6. The highest BCUT2D eigenvalue weighted by Gasteiger charge is 2.20. The fourth-order valence-electron chi connectivity index (χ4n) is 2.28. The Labute approximate surface area is 156 Å². The molecule has 0 aliphatic carbocycles. The second-order valence-electron chi connectivity index (χ2n) is 5.71. The molecule has 2 aromatic rings. The summed E-state index contributed by atoms with van der Waals surface area (Å²) in [5.41, 5.74) is 0.883. The van der Waals surface area contributed by atoms with Gasteiger partial charge in [0.25, 0.3) is 5.91 Å². The summed E-state index contributed by atoms with van der Waals surface area (Å²) in [6.07, 6.45) is -0.682. The number of aliphatic carboxylic acids is 1. The second-order valence-corrected chi connectivity index (χ2v) is 6.12. The molecule has 0 aliphatic heterocycles. The van der Waals surface area contributed by atoms with E-state index in [-0.39, 0.29) is 5.91 Å². The van der Waals surface area contributed by atoms with Crippen molar-refractivity contribution in [2.45, 2.75) is 19.6 Å². The largest absolute Gasteiger partial charge is 0.482 e. The third-order valence-electron chi connectivity index (χ3n) is 3.57. The number of hydrogen-bond acceptors (Lipinski definition) is 4. The molecule has 0 saturated carbocycles. The molecular weight excluding hydrogens is 358 g/mol. The van der Waals surface area contributed by atoms with Crippen molar-refractivity contribution in [2.75, 3.05) is 13.7 Å². The zero-order chi connectivity index (χ0) is 19.1. The van der Waals surface area contributed by atoms with Crippen LogP contribution < -0.4 is 9.47 Å². The molecule has 0 saturated heterocycles. The van der Waals surface area contributed by atoms with Crippen LogP contribution in [0.25, 0.3) is 0 Å². The van der Waals surface area contributed by atoms with Gasteiger partial charge in [0.15, 0.2) is 12.7 Å². The Morgan fingerprint density at radius 3 is 2.42 bits per heavy atom. The average Bonchev–Trinajstić information content (AvgIpc) is 2.62. The van der Waals surface area contributed by atoms with Gasteiger partial charge in [-0.05, 0) is 36.8 Å². The van der Waals surface area contributed by atoms with Crippen LogP contribution in [0.15, 0.2) is 48.5 Å². The number of carbonyl (C=O) groups excluding carboxylic acids is 1. The van der Waals surface area contributed by atoms with Gasteiger partial charge in [0.1, 0.15) is 11.5 Å². The van der Waals surface area contributed by atoms with Gasteiger partial charge in [-0.3, -0.25) is 4.79 Å². The number of carbonyl (C=O) groups is 2.